The third-order valence-corrected chi connectivity index (χ3v) is 2.70. The Kier molecular flexibility index (Phi) is 4.85. The van der Waals surface area contributed by atoms with Crippen molar-refractivity contribution < 1.29 is 39.5 Å². The quantitative estimate of drug-likeness (QED) is 0.506. The molecule has 1 rings (SSSR count). The second-order valence-corrected chi connectivity index (χ2v) is 3.40. The molecular formula is C11H13NaO2. The minimum Gasteiger partial charge on any atom is -0.545 e. The van der Waals surface area contributed by atoms with Gasteiger partial charge in [-0.05, 0) is 56.0 Å². The molecule has 3 heteroatoms. The summed E-state index contributed by atoms with van der Waals surface area (Å²) in [5, 5.41) is 10.7. The molecule has 0 radical (unpaired) electrons. The van der Waals surface area contributed by atoms with Crippen molar-refractivity contribution in [3.05, 3.63) is 33.9 Å². The van der Waals surface area contributed by atoms with Crippen LogP contribution >= 0.6 is 0 Å². The van der Waals surface area contributed by atoms with E-state index < -0.39 is 5.97 Å². The molecule has 0 fully saturated rings. The molecule has 0 amide bonds. The van der Waals surface area contributed by atoms with E-state index in [1.165, 1.54) is 0 Å². The zero-order chi connectivity index (χ0) is 10.2. The van der Waals surface area contributed by atoms with Gasteiger partial charge in [0.1, 0.15) is 0 Å². The number of benzene rings is 1. The van der Waals surface area contributed by atoms with Crippen molar-refractivity contribution in [2.24, 2.45) is 0 Å². The standard InChI is InChI=1S/C11H14O2.Na/c1-6-5-10(11(12)13)9(4)8(3)7(6)2;/h5H,1-4H3,(H,12,13);/q;+1/p-1. The largest absolute Gasteiger partial charge is 1.00 e. The molecule has 1 aromatic rings. The third-order valence-electron chi connectivity index (χ3n) is 2.70. The number of hydrogen-bond acceptors (Lipinski definition) is 2. The molecule has 0 saturated carbocycles. The summed E-state index contributed by atoms with van der Waals surface area (Å²) in [7, 11) is 0. The molecule has 1 aromatic carbocycles. The van der Waals surface area contributed by atoms with Crippen LogP contribution in [0.3, 0.4) is 0 Å². The van der Waals surface area contributed by atoms with E-state index in [2.05, 4.69) is 0 Å². The summed E-state index contributed by atoms with van der Waals surface area (Å²) in [4.78, 5) is 10.7. The number of carboxylic acid groups (broad SMARTS) is 1. The average Bonchev–Trinajstić information content (AvgIpc) is 2.07. The van der Waals surface area contributed by atoms with Crippen LogP contribution in [-0.2, 0) is 0 Å². The Hall–Kier alpha value is -0.310. The van der Waals surface area contributed by atoms with E-state index >= 15 is 0 Å². The monoisotopic (exact) mass is 200 g/mol. The van der Waals surface area contributed by atoms with Crippen LogP contribution in [0.15, 0.2) is 6.07 Å². The van der Waals surface area contributed by atoms with Gasteiger partial charge in [0.15, 0.2) is 0 Å². The number of aryl methyl sites for hydroxylation is 1. The number of carboxylic acids is 1. The fourth-order valence-electron chi connectivity index (χ4n) is 1.42. The molecule has 0 aliphatic rings. The van der Waals surface area contributed by atoms with E-state index in [9.17, 15) is 9.90 Å². The molecule has 0 aromatic heterocycles. The maximum atomic E-state index is 10.7. The first-order valence-electron chi connectivity index (χ1n) is 4.24. The van der Waals surface area contributed by atoms with E-state index in [0.717, 1.165) is 22.3 Å². The number of carbonyl (C=O) groups excluding carboxylic acids is 1. The average molecular weight is 200 g/mol. The molecule has 0 saturated heterocycles. The first kappa shape index (κ1) is 13.7. The number of hydrogen-bond donors (Lipinski definition) is 0. The molecule has 0 N–H and O–H groups in total. The minimum absolute atomic E-state index is 0. The van der Waals surface area contributed by atoms with Crippen LogP contribution in [0.1, 0.15) is 32.6 Å². The summed E-state index contributed by atoms with van der Waals surface area (Å²) >= 11 is 0. The van der Waals surface area contributed by atoms with Gasteiger partial charge in [-0.1, -0.05) is 0 Å². The topological polar surface area (TPSA) is 40.1 Å². The molecule has 2 nitrogen and oxygen atoms in total. The number of rotatable bonds is 1. The van der Waals surface area contributed by atoms with Crippen LogP contribution < -0.4 is 34.7 Å². The van der Waals surface area contributed by atoms with Crippen molar-refractivity contribution in [3.8, 4) is 0 Å². The fourth-order valence-corrected chi connectivity index (χ4v) is 1.42. The molecule has 0 atom stereocenters. The Morgan fingerprint density at radius 1 is 1.07 bits per heavy atom. The Bertz CT molecular complexity index is 370. The van der Waals surface area contributed by atoms with E-state index in [0.29, 0.717) is 5.56 Å². The van der Waals surface area contributed by atoms with E-state index in [1.54, 1.807) is 6.07 Å². The molecule has 14 heavy (non-hydrogen) atoms. The molecular weight excluding hydrogens is 187 g/mol. The predicted octanol–water partition coefficient (Wildman–Crippen LogP) is -1.71. The SMILES string of the molecule is Cc1cc(C(=O)[O-])c(C)c(C)c1C.[Na+]. The molecule has 0 aliphatic heterocycles. The first-order valence-corrected chi connectivity index (χ1v) is 4.24. The Balaban J connectivity index is 0.00000169. The smallest absolute Gasteiger partial charge is 0.545 e. The maximum absolute atomic E-state index is 10.7. The van der Waals surface area contributed by atoms with Crippen molar-refractivity contribution in [1.82, 2.24) is 0 Å². The predicted molar refractivity (Wildman–Crippen MR) is 49.7 cm³/mol. The van der Waals surface area contributed by atoms with Crippen LogP contribution in [-0.4, -0.2) is 5.97 Å². The van der Waals surface area contributed by atoms with Gasteiger partial charge in [-0.3, -0.25) is 0 Å². The van der Waals surface area contributed by atoms with Crippen LogP contribution in [0.4, 0.5) is 0 Å². The molecule has 0 spiro atoms. The Morgan fingerprint density at radius 2 is 1.57 bits per heavy atom. The summed E-state index contributed by atoms with van der Waals surface area (Å²) < 4.78 is 0. The Morgan fingerprint density at radius 3 is 2.00 bits per heavy atom. The summed E-state index contributed by atoms with van der Waals surface area (Å²) in [6, 6.07) is 1.67. The summed E-state index contributed by atoms with van der Waals surface area (Å²) in [6.07, 6.45) is 0. The van der Waals surface area contributed by atoms with E-state index in [4.69, 9.17) is 0 Å². The van der Waals surface area contributed by atoms with Crippen LogP contribution in [0.25, 0.3) is 0 Å². The first-order chi connectivity index (χ1) is 5.95. The summed E-state index contributed by atoms with van der Waals surface area (Å²) in [5.74, 6) is -1.09. The van der Waals surface area contributed by atoms with Gasteiger partial charge in [-0.15, -0.1) is 0 Å². The number of carbonyl (C=O) groups is 1. The van der Waals surface area contributed by atoms with E-state index in [1.807, 2.05) is 27.7 Å². The molecule has 0 bridgehead atoms. The van der Waals surface area contributed by atoms with Crippen molar-refractivity contribution in [2.75, 3.05) is 0 Å². The zero-order valence-electron chi connectivity index (χ0n) is 9.39. The van der Waals surface area contributed by atoms with Gasteiger partial charge in [0.2, 0.25) is 0 Å². The van der Waals surface area contributed by atoms with Crippen molar-refractivity contribution >= 4 is 5.97 Å². The fraction of sp³-hybridized carbons (Fsp3) is 0.364. The summed E-state index contributed by atoms with van der Waals surface area (Å²) in [6.45, 7) is 7.65. The molecule has 0 aliphatic carbocycles. The van der Waals surface area contributed by atoms with Gasteiger partial charge >= 0.3 is 29.6 Å². The van der Waals surface area contributed by atoms with Gasteiger partial charge in [-0.2, -0.15) is 0 Å². The van der Waals surface area contributed by atoms with Crippen LogP contribution in [0, 0.1) is 27.7 Å². The van der Waals surface area contributed by atoms with Crippen molar-refractivity contribution in [2.45, 2.75) is 27.7 Å². The molecule has 0 unspecified atom stereocenters. The second-order valence-electron chi connectivity index (χ2n) is 3.40. The van der Waals surface area contributed by atoms with Gasteiger partial charge in [-0.25, -0.2) is 0 Å². The second kappa shape index (κ2) is 4.96. The Labute approximate surface area is 107 Å². The van der Waals surface area contributed by atoms with Crippen molar-refractivity contribution in [3.63, 3.8) is 0 Å². The van der Waals surface area contributed by atoms with Crippen LogP contribution in [0.2, 0.25) is 0 Å². The van der Waals surface area contributed by atoms with Crippen molar-refractivity contribution in [1.29, 1.82) is 0 Å². The van der Waals surface area contributed by atoms with Gasteiger partial charge in [0.25, 0.3) is 0 Å². The molecule has 0 heterocycles. The van der Waals surface area contributed by atoms with Gasteiger partial charge < -0.3 is 9.90 Å². The number of aromatic carboxylic acids is 1. The summed E-state index contributed by atoms with van der Waals surface area (Å²) in [5.41, 5.74) is 4.31. The maximum Gasteiger partial charge on any atom is 1.00 e. The normalized spacial score (nSPS) is 9.43. The molecule has 70 valence electrons. The third kappa shape index (κ3) is 2.38. The minimum atomic E-state index is -1.09. The van der Waals surface area contributed by atoms with Gasteiger partial charge in [0, 0.05) is 5.56 Å². The van der Waals surface area contributed by atoms with Gasteiger partial charge in [0.05, 0.1) is 5.97 Å². The zero-order valence-corrected chi connectivity index (χ0v) is 11.4. The van der Waals surface area contributed by atoms with E-state index in [-0.39, 0.29) is 29.6 Å². The van der Waals surface area contributed by atoms with Crippen LogP contribution in [0.5, 0.6) is 0 Å².